The Balaban J connectivity index is 2.66. The van der Waals surface area contributed by atoms with E-state index in [1.54, 1.807) is 5.57 Å². The molecule has 1 nitrogen and oxygen atoms in total. The van der Waals surface area contributed by atoms with Gasteiger partial charge in [0.15, 0.2) is 0 Å². The van der Waals surface area contributed by atoms with Crippen LogP contribution in [0.3, 0.4) is 0 Å². The van der Waals surface area contributed by atoms with Crippen LogP contribution in [0.15, 0.2) is 11.3 Å². The Kier molecular flexibility index (Phi) is 1.79. The number of nitrogens with one attached hydrogen (secondary N) is 1. The van der Waals surface area contributed by atoms with E-state index in [0.29, 0.717) is 0 Å². The lowest BCUT2D eigenvalue weighted by Crippen LogP contribution is -2.03. The molecule has 1 heteroatoms. The van der Waals surface area contributed by atoms with Crippen molar-refractivity contribution in [2.24, 2.45) is 5.92 Å². The van der Waals surface area contributed by atoms with Crippen molar-refractivity contribution in [2.75, 3.05) is 6.54 Å². The maximum Gasteiger partial charge on any atom is 0.0181 e. The second-order valence-corrected chi connectivity index (χ2v) is 2.98. The highest BCUT2D eigenvalue weighted by Gasteiger charge is 2.11. The Morgan fingerprint density at radius 1 is 1.44 bits per heavy atom. The minimum Gasteiger partial charge on any atom is -0.388 e. The van der Waals surface area contributed by atoms with Gasteiger partial charge in [-0.2, -0.15) is 0 Å². The molecule has 0 saturated heterocycles. The number of allylic oxidation sites excluding steroid dienone is 1. The van der Waals surface area contributed by atoms with Crippen LogP contribution in [0.4, 0.5) is 0 Å². The lowest BCUT2D eigenvalue weighted by Gasteiger charge is -2.05. The number of rotatable bonds is 1. The Morgan fingerprint density at radius 3 is 2.33 bits per heavy atom. The first-order valence-electron chi connectivity index (χ1n) is 3.65. The molecule has 0 bridgehead atoms. The van der Waals surface area contributed by atoms with Crippen LogP contribution in [0.5, 0.6) is 0 Å². The lowest BCUT2D eigenvalue weighted by atomic mass is 10.0. The minimum absolute atomic E-state index is 0.736. The fourth-order valence-corrected chi connectivity index (χ4v) is 1.41. The Hall–Kier alpha value is -0.460. The second-order valence-electron chi connectivity index (χ2n) is 2.98. The largest absolute Gasteiger partial charge is 0.388 e. The van der Waals surface area contributed by atoms with Crippen molar-refractivity contribution in [3.63, 3.8) is 0 Å². The van der Waals surface area contributed by atoms with Crippen LogP contribution in [-0.2, 0) is 0 Å². The molecule has 1 aliphatic rings. The maximum atomic E-state index is 3.33. The Morgan fingerprint density at radius 2 is 2.11 bits per heavy atom. The molecule has 1 heterocycles. The zero-order chi connectivity index (χ0) is 6.85. The van der Waals surface area contributed by atoms with Crippen molar-refractivity contribution in [1.29, 1.82) is 0 Å². The quantitative estimate of drug-likeness (QED) is 0.564. The monoisotopic (exact) mass is 125 g/mol. The van der Waals surface area contributed by atoms with E-state index in [1.807, 2.05) is 0 Å². The van der Waals surface area contributed by atoms with Crippen molar-refractivity contribution in [2.45, 2.75) is 27.2 Å². The SMILES string of the molecule is CC1=C(C(C)C)CCN1. The average molecular weight is 125 g/mol. The minimum atomic E-state index is 0.736. The molecule has 0 aromatic carbocycles. The molecule has 0 aromatic rings. The molecule has 1 N–H and O–H groups in total. The summed E-state index contributed by atoms with van der Waals surface area (Å²) in [7, 11) is 0. The van der Waals surface area contributed by atoms with Crippen molar-refractivity contribution in [1.82, 2.24) is 5.32 Å². The summed E-state index contributed by atoms with van der Waals surface area (Å²) in [4.78, 5) is 0. The van der Waals surface area contributed by atoms with E-state index in [1.165, 1.54) is 12.1 Å². The standard InChI is InChI=1S/C8H15N/c1-6(2)8-4-5-9-7(8)3/h6,9H,4-5H2,1-3H3. The topological polar surface area (TPSA) is 12.0 Å². The maximum absolute atomic E-state index is 3.33. The van der Waals surface area contributed by atoms with Gasteiger partial charge >= 0.3 is 0 Å². The number of hydrogen-bond acceptors (Lipinski definition) is 1. The van der Waals surface area contributed by atoms with Gasteiger partial charge in [0, 0.05) is 12.2 Å². The smallest absolute Gasteiger partial charge is 0.0181 e. The summed E-state index contributed by atoms with van der Waals surface area (Å²) in [5.74, 6) is 0.736. The summed E-state index contributed by atoms with van der Waals surface area (Å²) < 4.78 is 0. The molecular formula is C8H15N. The zero-order valence-electron chi connectivity index (χ0n) is 6.49. The van der Waals surface area contributed by atoms with Crippen LogP contribution >= 0.6 is 0 Å². The van der Waals surface area contributed by atoms with Gasteiger partial charge in [0.05, 0.1) is 0 Å². The summed E-state index contributed by atoms with van der Waals surface area (Å²) in [5, 5.41) is 3.33. The van der Waals surface area contributed by atoms with Crippen molar-refractivity contribution in [3.05, 3.63) is 11.3 Å². The predicted molar refractivity (Wildman–Crippen MR) is 40.2 cm³/mol. The fraction of sp³-hybridized carbons (Fsp3) is 0.750. The van der Waals surface area contributed by atoms with Crippen LogP contribution in [0.2, 0.25) is 0 Å². The van der Waals surface area contributed by atoms with Gasteiger partial charge in [0.2, 0.25) is 0 Å². The molecule has 0 saturated carbocycles. The van der Waals surface area contributed by atoms with Crippen LogP contribution in [0.1, 0.15) is 27.2 Å². The highest BCUT2D eigenvalue weighted by atomic mass is 14.9. The lowest BCUT2D eigenvalue weighted by molar-refractivity contribution is 0.734. The molecule has 0 aliphatic carbocycles. The van der Waals surface area contributed by atoms with Crippen molar-refractivity contribution >= 4 is 0 Å². The van der Waals surface area contributed by atoms with Crippen LogP contribution in [0.25, 0.3) is 0 Å². The molecule has 0 fully saturated rings. The van der Waals surface area contributed by atoms with E-state index in [-0.39, 0.29) is 0 Å². The summed E-state index contributed by atoms with van der Waals surface area (Å²) in [6.45, 7) is 7.83. The van der Waals surface area contributed by atoms with E-state index in [9.17, 15) is 0 Å². The summed E-state index contributed by atoms with van der Waals surface area (Å²) in [6.07, 6.45) is 1.25. The summed E-state index contributed by atoms with van der Waals surface area (Å²) >= 11 is 0. The van der Waals surface area contributed by atoms with E-state index >= 15 is 0 Å². The molecule has 52 valence electrons. The highest BCUT2D eigenvalue weighted by molar-refractivity contribution is 5.17. The van der Waals surface area contributed by atoms with Gasteiger partial charge < -0.3 is 5.32 Å². The molecule has 0 amide bonds. The van der Waals surface area contributed by atoms with Crippen LogP contribution in [-0.4, -0.2) is 6.54 Å². The third-order valence-corrected chi connectivity index (χ3v) is 1.96. The highest BCUT2D eigenvalue weighted by Crippen LogP contribution is 2.20. The predicted octanol–water partition coefficient (Wildman–Crippen LogP) is 1.91. The van der Waals surface area contributed by atoms with Crippen LogP contribution < -0.4 is 5.32 Å². The molecule has 0 atom stereocenters. The second kappa shape index (κ2) is 2.42. The van der Waals surface area contributed by atoms with E-state index in [0.717, 1.165) is 12.5 Å². The van der Waals surface area contributed by atoms with Crippen molar-refractivity contribution in [3.8, 4) is 0 Å². The molecule has 1 aliphatic heterocycles. The molecular weight excluding hydrogens is 110 g/mol. The zero-order valence-corrected chi connectivity index (χ0v) is 6.49. The summed E-state index contributed by atoms with van der Waals surface area (Å²) in [6, 6.07) is 0. The molecule has 0 aromatic heterocycles. The van der Waals surface area contributed by atoms with E-state index < -0.39 is 0 Å². The van der Waals surface area contributed by atoms with Gasteiger partial charge in [-0.15, -0.1) is 0 Å². The van der Waals surface area contributed by atoms with Gasteiger partial charge in [-0.1, -0.05) is 13.8 Å². The third kappa shape index (κ3) is 1.26. The molecule has 0 spiro atoms. The van der Waals surface area contributed by atoms with E-state index in [4.69, 9.17) is 0 Å². The first kappa shape index (κ1) is 6.66. The first-order valence-corrected chi connectivity index (χ1v) is 3.65. The van der Waals surface area contributed by atoms with Gasteiger partial charge in [0.1, 0.15) is 0 Å². The van der Waals surface area contributed by atoms with Crippen LogP contribution in [0, 0.1) is 5.92 Å². The van der Waals surface area contributed by atoms with Gasteiger partial charge in [-0.05, 0) is 24.8 Å². The average Bonchev–Trinajstić information content (AvgIpc) is 2.13. The first-order chi connectivity index (χ1) is 4.22. The normalized spacial score (nSPS) is 19.1. The van der Waals surface area contributed by atoms with E-state index in [2.05, 4.69) is 26.1 Å². The van der Waals surface area contributed by atoms with Gasteiger partial charge in [0.25, 0.3) is 0 Å². The van der Waals surface area contributed by atoms with Gasteiger partial charge in [-0.3, -0.25) is 0 Å². The fourth-order valence-electron chi connectivity index (χ4n) is 1.41. The Bertz CT molecular complexity index is 134. The third-order valence-electron chi connectivity index (χ3n) is 1.96. The summed E-state index contributed by atoms with van der Waals surface area (Å²) in [5.41, 5.74) is 3.01. The van der Waals surface area contributed by atoms with Crippen molar-refractivity contribution < 1.29 is 0 Å². The molecule has 1 rings (SSSR count). The number of hydrogen-bond donors (Lipinski definition) is 1. The molecule has 0 unspecified atom stereocenters. The Labute approximate surface area is 57.1 Å². The van der Waals surface area contributed by atoms with Gasteiger partial charge in [-0.25, -0.2) is 0 Å². The molecule has 0 radical (unpaired) electrons. The molecule has 9 heavy (non-hydrogen) atoms.